The van der Waals surface area contributed by atoms with Gasteiger partial charge in [0.1, 0.15) is 0 Å². The van der Waals surface area contributed by atoms with Crippen LogP contribution in [0.25, 0.3) is 22.5 Å². The van der Waals surface area contributed by atoms with Gasteiger partial charge in [-0.25, -0.2) is 0 Å². The van der Waals surface area contributed by atoms with Gasteiger partial charge in [-0.05, 0) is 23.0 Å². The average molecular weight is 395 g/mol. The van der Waals surface area contributed by atoms with Crippen LogP contribution in [0, 0.1) is 0 Å². The quantitative estimate of drug-likeness (QED) is 0.359. The second-order valence-electron chi connectivity index (χ2n) is 8.42. The van der Waals surface area contributed by atoms with E-state index in [0.29, 0.717) is 11.8 Å². The zero-order valence-corrected chi connectivity index (χ0v) is 18.3. The molecule has 0 saturated carbocycles. The lowest BCUT2D eigenvalue weighted by atomic mass is 10.0. The van der Waals surface area contributed by atoms with Crippen LogP contribution >= 0.6 is 0 Å². The number of para-hydroxylation sites is 2. The summed E-state index contributed by atoms with van der Waals surface area (Å²) in [6.45, 7) is 8.96. The van der Waals surface area contributed by atoms with E-state index >= 15 is 0 Å². The van der Waals surface area contributed by atoms with Crippen LogP contribution in [0.4, 0.5) is 0 Å². The van der Waals surface area contributed by atoms with E-state index in [1.807, 2.05) is 0 Å². The fourth-order valence-corrected chi connectivity index (χ4v) is 3.98. The smallest absolute Gasteiger partial charge is 0.167 e. The summed E-state index contributed by atoms with van der Waals surface area (Å²) in [5.41, 5.74) is 7.65. The van der Waals surface area contributed by atoms with Gasteiger partial charge in [-0.2, -0.15) is 9.13 Å². The highest BCUT2D eigenvalue weighted by atomic mass is 14.9. The number of rotatable bonds is 5. The minimum absolute atomic E-state index is 0.492. The fraction of sp³-hybridized carbons (Fsp3) is 0.214. The van der Waals surface area contributed by atoms with Crippen LogP contribution in [-0.2, 0) is 0 Å². The van der Waals surface area contributed by atoms with Crippen LogP contribution in [0.2, 0.25) is 0 Å². The predicted octanol–water partition coefficient (Wildman–Crippen LogP) is 6.15. The molecule has 2 aromatic carbocycles. The molecule has 0 fully saturated rings. The molecule has 2 heterocycles. The summed E-state index contributed by atoms with van der Waals surface area (Å²) >= 11 is 0. The van der Waals surface area contributed by atoms with E-state index in [1.165, 1.54) is 33.6 Å². The third kappa shape index (κ3) is 4.04. The molecule has 0 saturated heterocycles. The normalized spacial score (nSPS) is 11.3. The molecule has 0 amide bonds. The molecule has 2 aromatic heterocycles. The Morgan fingerprint density at radius 2 is 0.800 bits per heavy atom. The molecular weight excluding hydrogens is 364 g/mol. The van der Waals surface area contributed by atoms with Crippen molar-refractivity contribution in [2.45, 2.75) is 39.5 Å². The van der Waals surface area contributed by atoms with E-state index in [1.54, 1.807) is 0 Å². The van der Waals surface area contributed by atoms with Crippen molar-refractivity contribution < 1.29 is 9.13 Å². The van der Waals surface area contributed by atoms with Crippen LogP contribution in [0.3, 0.4) is 0 Å². The van der Waals surface area contributed by atoms with Gasteiger partial charge >= 0.3 is 0 Å². The highest BCUT2D eigenvalue weighted by Gasteiger charge is 2.16. The summed E-state index contributed by atoms with van der Waals surface area (Å²) in [7, 11) is 0. The SMILES string of the molecule is CC(C)c1ccccc1-[n+]1ccc(-c2cc[n+](-c3ccccc3C(C)C)cc2)cc1. The Hall–Kier alpha value is -3.26. The van der Waals surface area contributed by atoms with Crippen molar-refractivity contribution in [2.75, 3.05) is 0 Å². The zero-order chi connectivity index (χ0) is 21.1. The Morgan fingerprint density at radius 3 is 1.13 bits per heavy atom. The molecule has 30 heavy (non-hydrogen) atoms. The number of nitrogens with zero attached hydrogens (tertiary/aromatic N) is 2. The molecule has 4 aromatic rings. The molecule has 150 valence electrons. The Kier molecular flexibility index (Phi) is 5.76. The highest BCUT2D eigenvalue weighted by Crippen LogP contribution is 2.22. The van der Waals surface area contributed by atoms with Gasteiger partial charge in [0.2, 0.25) is 11.4 Å². The first-order chi connectivity index (χ1) is 14.5. The van der Waals surface area contributed by atoms with Crippen LogP contribution < -0.4 is 9.13 Å². The van der Waals surface area contributed by atoms with Crippen molar-refractivity contribution in [1.82, 2.24) is 0 Å². The van der Waals surface area contributed by atoms with Crippen molar-refractivity contribution in [2.24, 2.45) is 0 Å². The molecule has 0 aliphatic rings. The number of pyridine rings is 2. The van der Waals surface area contributed by atoms with Gasteiger partial charge in [-0.1, -0.05) is 64.1 Å². The molecular formula is C28H30N2+2. The number of hydrogen-bond donors (Lipinski definition) is 0. The van der Waals surface area contributed by atoms with E-state index < -0.39 is 0 Å². The largest absolute Gasteiger partial charge is 0.214 e. The molecule has 0 aliphatic heterocycles. The van der Waals surface area contributed by atoms with Crippen molar-refractivity contribution in [3.05, 3.63) is 109 Å². The van der Waals surface area contributed by atoms with Gasteiger partial charge in [0.05, 0.1) is 0 Å². The number of benzene rings is 2. The molecule has 0 N–H and O–H groups in total. The zero-order valence-electron chi connectivity index (χ0n) is 18.3. The third-order valence-corrected chi connectivity index (χ3v) is 5.67. The average Bonchev–Trinajstić information content (AvgIpc) is 2.79. The summed E-state index contributed by atoms with van der Waals surface area (Å²) in [6.07, 6.45) is 8.63. The number of aromatic nitrogens is 2. The Balaban J connectivity index is 1.62. The summed E-state index contributed by atoms with van der Waals surface area (Å²) in [5.74, 6) is 0.985. The molecule has 0 aliphatic carbocycles. The first-order valence-corrected chi connectivity index (χ1v) is 10.8. The summed E-state index contributed by atoms with van der Waals surface area (Å²) in [4.78, 5) is 0. The van der Waals surface area contributed by atoms with Crippen LogP contribution in [0.1, 0.15) is 50.7 Å². The molecule has 0 radical (unpaired) electrons. The highest BCUT2D eigenvalue weighted by molar-refractivity contribution is 5.61. The minimum Gasteiger partial charge on any atom is -0.167 e. The summed E-state index contributed by atoms with van der Waals surface area (Å²) in [5, 5.41) is 0. The Labute approximate surface area is 180 Å². The lowest BCUT2D eigenvalue weighted by Gasteiger charge is -2.09. The lowest BCUT2D eigenvalue weighted by Crippen LogP contribution is -2.31. The van der Waals surface area contributed by atoms with Crippen molar-refractivity contribution in [3.63, 3.8) is 0 Å². The van der Waals surface area contributed by atoms with Crippen molar-refractivity contribution in [1.29, 1.82) is 0 Å². The predicted molar refractivity (Wildman–Crippen MR) is 123 cm³/mol. The summed E-state index contributed by atoms with van der Waals surface area (Å²) < 4.78 is 4.42. The minimum atomic E-state index is 0.492. The molecule has 0 unspecified atom stereocenters. The number of hydrogen-bond acceptors (Lipinski definition) is 0. The van der Waals surface area contributed by atoms with Gasteiger partial charge in [0.25, 0.3) is 0 Å². The topological polar surface area (TPSA) is 7.76 Å². The van der Waals surface area contributed by atoms with Crippen LogP contribution in [0.15, 0.2) is 97.6 Å². The maximum absolute atomic E-state index is 2.24. The molecule has 2 heteroatoms. The van der Waals surface area contributed by atoms with E-state index in [4.69, 9.17) is 0 Å². The second kappa shape index (κ2) is 8.62. The van der Waals surface area contributed by atoms with Gasteiger partial charge in [0.15, 0.2) is 24.8 Å². The van der Waals surface area contributed by atoms with Gasteiger partial charge in [-0.15, -0.1) is 0 Å². The van der Waals surface area contributed by atoms with E-state index in [0.717, 1.165) is 0 Å². The van der Waals surface area contributed by atoms with Gasteiger partial charge in [-0.3, -0.25) is 0 Å². The fourth-order valence-electron chi connectivity index (χ4n) is 3.98. The molecule has 0 atom stereocenters. The maximum atomic E-state index is 2.24. The third-order valence-electron chi connectivity index (χ3n) is 5.67. The first-order valence-electron chi connectivity index (χ1n) is 10.8. The second-order valence-corrected chi connectivity index (χ2v) is 8.42. The maximum Gasteiger partial charge on any atom is 0.214 e. The molecule has 0 spiro atoms. The lowest BCUT2D eigenvalue weighted by molar-refractivity contribution is -0.596. The van der Waals surface area contributed by atoms with Gasteiger partial charge in [0, 0.05) is 47.5 Å². The van der Waals surface area contributed by atoms with Crippen molar-refractivity contribution >= 4 is 0 Å². The summed E-state index contributed by atoms with van der Waals surface area (Å²) in [6, 6.07) is 26.0. The molecule has 0 bridgehead atoms. The van der Waals surface area contributed by atoms with E-state index in [-0.39, 0.29) is 0 Å². The van der Waals surface area contributed by atoms with Crippen LogP contribution in [-0.4, -0.2) is 0 Å². The van der Waals surface area contributed by atoms with E-state index in [9.17, 15) is 0 Å². The standard InChI is InChI=1S/C28H30N2/c1-21(2)25-9-5-7-11-27(25)29-17-13-23(14-18-29)24-15-19-30(20-16-24)28-12-8-6-10-26(28)22(3)4/h5-22H,1-4H3/q+2. The van der Waals surface area contributed by atoms with E-state index in [2.05, 4.69) is 134 Å². The van der Waals surface area contributed by atoms with Gasteiger partial charge < -0.3 is 0 Å². The molecule has 4 rings (SSSR count). The molecule has 2 nitrogen and oxygen atoms in total. The monoisotopic (exact) mass is 394 g/mol. The Bertz CT molecular complexity index is 1030. The van der Waals surface area contributed by atoms with Crippen molar-refractivity contribution in [3.8, 4) is 22.5 Å². The first kappa shape index (κ1) is 20.0. The Morgan fingerprint density at radius 1 is 0.467 bits per heavy atom. The van der Waals surface area contributed by atoms with Crippen LogP contribution in [0.5, 0.6) is 0 Å².